The summed E-state index contributed by atoms with van der Waals surface area (Å²) in [4.78, 5) is 16.1. The van der Waals surface area contributed by atoms with Gasteiger partial charge in [0.25, 0.3) is 0 Å². The Morgan fingerprint density at radius 1 is 1.14 bits per heavy atom. The van der Waals surface area contributed by atoms with E-state index in [-0.39, 0.29) is 35.9 Å². The Bertz CT molecular complexity index is 295. The number of hydrogen-bond donors (Lipinski definition) is 3. The van der Waals surface area contributed by atoms with E-state index in [2.05, 4.69) is 41.7 Å². The zero-order chi connectivity index (χ0) is 15.4. The van der Waals surface area contributed by atoms with Crippen molar-refractivity contribution in [3.63, 3.8) is 0 Å². The van der Waals surface area contributed by atoms with Crippen LogP contribution in [0.5, 0.6) is 0 Å². The zero-order valence-electron chi connectivity index (χ0n) is 14.2. The molecular formula is C15H33IN4O. The van der Waals surface area contributed by atoms with Crippen molar-refractivity contribution in [1.29, 1.82) is 0 Å². The van der Waals surface area contributed by atoms with E-state index in [0.29, 0.717) is 18.9 Å². The molecular weight excluding hydrogens is 379 g/mol. The molecule has 21 heavy (non-hydrogen) atoms. The van der Waals surface area contributed by atoms with Crippen LogP contribution in [-0.4, -0.2) is 37.5 Å². The average Bonchev–Trinajstić information content (AvgIpc) is 2.38. The number of carbonyl (C=O) groups excluding carboxylic acids is 1. The van der Waals surface area contributed by atoms with Crippen molar-refractivity contribution in [1.82, 2.24) is 16.0 Å². The summed E-state index contributed by atoms with van der Waals surface area (Å²) < 4.78 is 0. The summed E-state index contributed by atoms with van der Waals surface area (Å²) >= 11 is 0. The van der Waals surface area contributed by atoms with Gasteiger partial charge in [-0.15, -0.1) is 24.0 Å². The van der Waals surface area contributed by atoms with Crippen LogP contribution in [-0.2, 0) is 4.79 Å². The van der Waals surface area contributed by atoms with Gasteiger partial charge in [0.15, 0.2) is 5.96 Å². The number of rotatable bonds is 9. The van der Waals surface area contributed by atoms with E-state index in [0.717, 1.165) is 31.9 Å². The molecule has 0 aliphatic rings. The fraction of sp³-hybridized carbons (Fsp3) is 0.867. The van der Waals surface area contributed by atoms with E-state index < -0.39 is 0 Å². The van der Waals surface area contributed by atoms with Gasteiger partial charge in [-0.2, -0.15) is 0 Å². The fourth-order valence-electron chi connectivity index (χ4n) is 1.52. The van der Waals surface area contributed by atoms with Crippen LogP contribution in [0.25, 0.3) is 0 Å². The molecule has 0 rings (SSSR count). The molecule has 0 saturated carbocycles. The van der Waals surface area contributed by atoms with Crippen LogP contribution >= 0.6 is 24.0 Å². The predicted octanol–water partition coefficient (Wildman–Crippen LogP) is 2.51. The number of nitrogens with zero attached hydrogens (tertiary/aromatic N) is 1. The van der Waals surface area contributed by atoms with Gasteiger partial charge in [0, 0.05) is 32.1 Å². The zero-order valence-corrected chi connectivity index (χ0v) is 16.5. The summed E-state index contributed by atoms with van der Waals surface area (Å²) in [5.41, 5.74) is 0. The lowest BCUT2D eigenvalue weighted by Gasteiger charge is -2.13. The molecule has 0 aromatic carbocycles. The van der Waals surface area contributed by atoms with Crippen LogP contribution in [0.4, 0.5) is 0 Å². The number of aliphatic imine (C=N–C) groups is 1. The molecule has 0 fully saturated rings. The second kappa shape index (κ2) is 14.4. The Morgan fingerprint density at radius 3 is 2.33 bits per heavy atom. The Hall–Kier alpha value is -0.530. The summed E-state index contributed by atoms with van der Waals surface area (Å²) in [7, 11) is 0. The minimum atomic E-state index is 0. The van der Waals surface area contributed by atoms with Crippen molar-refractivity contribution < 1.29 is 4.79 Å². The third-order valence-electron chi connectivity index (χ3n) is 2.98. The molecule has 0 aliphatic carbocycles. The third kappa shape index (κ3) is 14.2. The Balaban J connectivity index is 0. The topological polar surface area (TPSA) is 65.5 Å². The van der Waals surface area contributed by atoms with Gasteiger partial charge in [0.2, 0.25) is 5.91 Å². The Morgan fingerprint density at radius 2 is 1.81 bits per heavy atom. The van der Waals surface area contributed by atoms with Gasteiger partial charge < -0.3 is 16.0 Å². The smallest absolute Gasteiger partial charge is 0.221 e. The number of halogens is 1. The van der Waals surface area contributed by atoms with Crippen LogP contribution in [0.3, 0.4) is 0 Å². The second-order valence-electron chi connectivity index (χ2n) is 5.50. The molecule has 0 aromatic heterocycles. The average molecular weight is 412 g/mol. The predicted molar refractivity (Wildman–Crippen MR) is 101 cm³/mol. The van der Waals surface area contributed by atoms with Gasteiger partial charge in [0.1, 0.15) is 0 Å². The molecule has 6 heteroatoms. The normalized spacial score (nSPS) is 12.6. The Kier molecular flexibility index (Phi) is 15.6. The number of amides is 1. The molecule has 0 aromatic rings. The van der Waals surface area contributed by atoms with E-state index in [1.54, 1.807) is 0 Å². The van der Waals surface area contributed by atoms with Gasteiger partial charge in [0.05, 0.1) is 0 Å². The van der Waals surface area contributed by atoms with Gasteiger partial charge in [-0.05, 0) is 32.6 Å². The molecule has 1 amide bonds. The van der Waals surface area contributed by atoms with Crippen molar-refractivity contribution in [2.45, 2.75) is 59.9 Å². The summed E-state index contributed by atoms with van der Waals surface area (Å²) in [6.45, 7) is 12.7. The maximum absolute atomic E-state index is 11.6. The van der Waals surface area contributed by atoms with Crippen molar-refractivity contribution in [3.05, 3.63) is 0 Å². The SMILES string of the molecule is CCNC(=NCCC(C)C)NCCC(=O)NC(C)CC.I. The number of guanidine groups is 1. The van der Waals surface area contributed by atoms with E-state index in [1.807, 2.05) is 13.8 Å². The first-order valence-electron chi connectivity index (χ1n) is 7.81. The van der Waals surface area contributed by atoms with Crippen molar-refractivity contribution in [2.75, 3.05) is 19.6 Å². The Labute approximate surface area is 147 Å². The molecule has 0 saturated heterocycles. The van der Waals surface area contributed by atoms with Gasteiger partial charge in [-0.1, -0.05) is 20.8 Å². The molecule has 126 valence electrons. The molecule has 0 heterocycles. The van der Waals surface area contributed by atoms with E-state index in [1.165, 1.54) is 0 Å². The monoisotopic (exact) mass is 412 g/mol. The van der Waals surface area contributed by atoms with Crippen molar-refractivity contribution in [3.8, 4) is 0 Å². The number of nitrogens with one attached hydrogen (secondary N) is 3. The summed E-state index contributed by atoms with van der Waals surface area (Å²) in [5.74, 6) is 1.54. The molecule has 5 nitrogen and oxygen atoms in total. The highest BCUT2D eigenvalue weighted by atomic mass is 127. The van der Waals surface area contributed by atoms with Crippen LogP contribution in [0.1, 0.15) is 53.9 Å². The molecule has 0 aliphatic heterocycles. The van der Waals surface area contributed by atoms with Crippen molar-refractivity contribution in [2.24, 2.45) is 10.9 Å². The summed E-state index contributed by atoms with van der Waals surface area (Å²) in [6.07, 6.45) is 2.50. The van der Waals surface area contributed by atoms with E-state index in [4.69, 9.17) is 0 Å². The lowest BCUT2D eigenvalue weighted by atomic mass is 10.1. The number of carbonyl (C=O) groups is 1. The minimum Gasteiger partial charge on any atom is -0.357 e. The quantitative estimate of drug-likeness (QED) is 0.310. The minimum absolute atomic E-state index is 0. The lowest BCUT2D eigenvalue weighted by Crippen LogP contribution is -2.40. The van der Waals surface area contributed by atoms with Crippen LogP contribution < -0.4 is 16.0 Å². The fourth-order valence-corrected chi connectivity index (χ4v) is 1.52. The lowest BCUT2D eigenvalue weighted by molar-refractivity contribution is -0.121. The highest BCUT2D eigenvalue weighted by molar-refractivity contribution is 14.0. The summed E-state index contributed by atoms with van der Waals surface area (Å²) in [6, 6.07) is 0.246. The molecule has 3 N–H and O–H groups in total. The van der Waals surface area contributed by atoms with Gasteiger partial charge in [-0.3, -0.25) is 9.79 Å². The first kappa shape index (κ1) is 22.7. The molecule has 0 radical (unpaired) electrons. The largest absolute Gasteiger partial charge is 0.357 e. The standard InChI is InChI=1S/C15H32N4O.HI/c1-6-13(5)19-14(20)9-11-18-15(16-7-2)17-10-8-12(3)4;/h12-13H,6-11H2,1-5H3,(H,19,20)(H2,16,17,18);1H. The molecule has 0 bridgehead atoms. The van der Waals surface area contributed by atoms with E-state index >= 15 is 0 Å². The second-order valence-corrected chi connectivity index (χ2v) is 5.50. The first-order valence-corrected chi connectivity index (χ1v) is 7.81. The maximum Gasteiger partial charge on any atom is 0.221 e. The number of hydrogen-bond acceptors (Lipinski definition) is 2. The van der Waals surface area contributed by atoms with Crippen LogP contribution in [0, 0.1) is 5.92 Å². The molecule has 0 spiro atoms. The van der Waals surface area contributed by atoms with E-state index in [9.17, 15) is 4.79 Å². The van der Waals surface area contributed by atoms with Crippen LogP contribution in [0.15, 0.2) is 4.99 Å². The highest BCUT2D eigenvalue weighted by Crippen LogP contribution is 1.98. The maximum atomic E-state index is 11.6. The third-order valence-corrected chi connectivity index (χ3v) is 2.98. The highest BCUT2D eigenvalue weighted by Gasteiger charge is 2.05. The molecule has 1 unspecified atom stereocenters. The van der Waals surface area contributed by atoms with Crippen LogP contribution in [0.2, 0.25) is 0 Å². The summed E-state index contributed by atoms with van der Waals surface area (Å²) in [5, 5.41) is 9.34. The molecule has 1 atom stereocenters. The first-order chi connectivity index (χ1) is 9.49. The van der Waals surface area contributed by atoms with Gasteiger partial charge in [-0.25, -0.2) is 0 Å². The van der Waals surface area contributed by atoms with Crippen molar-refractivity contribution >= 4 is 35.8 Å². The van der Waals surface area contributed by atoms with Gasteiger partial charge >= 0.3 is 0 Å².